The highest BCUT2D eigenvalue weighted by molar-refractivity contribution is 5.66. The zero-order valence-electron chi connectivity index (χ0n) is 8.79. The molecule has 0 aliphatic heterocycles. The Morgan fingerprint density at radius 3 is 2.31 bits per heavy atom. The van der Waals surface area contributed by atoms with Gasteiger partial charge in [0.05, 0.1) is 0 Å². The number of carbonyl (C=O) groups is 1. The van der Waals surface area contributed by atoms with Crippen LogP contribution in [0.4, 0.5) is 4.79 Å². The topological polar surface area (TPSA) is 61.8 Å². The lowest BCUT2D eigenvalue weighted by Crippen LogP contribution is -2.46. The number of ether oxygens (including phenoxy) is 1. The number of hydrogen-bond donors (Lipinski definition) is 2. The lowest BCUT2D eigenvalue weighted by atomic mass is 10.2. The molecule has 0 aromatic carbocycles. The first-order valence-corrected chi connectivity index (χ1v) is 4.13. The van der Waals surface area contributed by atoms with Crippen molar-refractivity contribution in [3.63, 3.8) is 0 Å². The molecular formula is C8H18N2O3. The third kappa shape index (κ3) is 6.36. The number of aliphatic hydroxyl groups is 1. The van der Waals surface area contributed by atoms with E-state index in [0.29, 0.717) is 0 Å². The lowest BCUT2D eigenvalue weighted by molar-refractivity contribution is -0.0164. The number of hydrazine groups is 1. The van der Waals surface area contributed by atoms with Gasteiger partial charge in [0, 0.05) is 7.05 Å². The first-order chi connectivity index (χ1) is 5.72. The molecule has 2 N–H and O–H groups in total. The third-order valence-electron chi connectivity index (χ3n) is 1.23. The number of rotatable bonds is 2. The zero-order chi connectivity index (χ0) is 10.6. The lowest BCUT2D eigenvalue weighted by Gasteiger charge is -2.24. The molecule has 1 atom stereocenters. The number of hydrogen-bond acceptors (Lipinski definition) is 4. The fourth-order valence-electron chi connectivity index (χ4n) is 0.538. The summed E-state index contributed by atoms with van der Waals surface area (Å²) >= 11 is 0. The van der Waals surface area contributed by atoms with Crippen LogP contribution in [0.5, 0.6) is 0 Å². The second-order valence-electron chi connectivity index (χ2n) is 3.86. The Bertz CT molecular complexity index is 175. The van der Waals surface area contributed by atoms with Crippen molar-refractivity contribution in [3.8, 4) is 0 Å². The van der Waals surface area contributed by atoms with Crippen LogP contribution in [0, 0.1) is 0 Å². The molecule has 78 valence electrons. The SMILES string of the molecule is CC(O)N(C)NC(=O)OC(C)(C)C. The minimum absolute atomic E-state index is 0.524. The van der Waals surface area contributed by atoms with E-state index in [2.05, 4.69) is 5.43 Å². The van der Waals surface area contributed by atoms with Crippen molar-refractivity contribution in [3.05, 3.63) is 0 Å². The summed E-state index contributed by atoms with van der Waals surface area (Å²) in [5, 5.41) is 10.3. The Balaban J connectivity index is 3.89. The van der Waals surface area contributed by atoms with Crippen LogP contribution in [-0.4, -0.2) is 35.1 Å². The van der Waals surface area contributed by atoms with E-state index >= 15 is 0 Å². The van der Waals surface area contributed by atoms with Crippen molar-refractivity contribution in [1.82, 2.24) is 10.4 Å². The molecule has 0 rings (SSSR count). The van der Waals surface area contributed by atoms with Gasteiger partial charge in [-0.1, -0.05) is 0 Å². The van der Waals surface area contributed by atoms with Gasteiger partial charge in [-0.2, -0.15) is 5.01 Å². The van der Waals surface area contributed by atoms with Crippen LogP contribution in [0.2, 0.25) is 0 Å². The minimum atomic E-state index is -0.743. The van der Waals surface area contributed by atoms with Gasteiger partial charge in [-0.05, 0) is 27.7 Å². The second-order valence-corrected chi connectivity index (χ2v) is 3.86. The Morgan fingerprint density at radius 2 is 2.00 bits per heavy atom. The van der Waals surface area contributed by atoms with Crippen molar-refractivity contribution in [2.45, 2.75) is 39.5 Å². The summed E-state index contributed by atoms with van der Waals surface area (Å²) in [6.07, 6.45) is -1.32. The van der Waals surface area contributed by atoms with Crippen LogP contribution in [0.15, 0.2) is 0 Å². The largest absolute Gasteiger partial charge is 0.443 e. The predicted molar refractivity (Wildman–Crippen MR) is 48.8 cm³/mol. The number of nitrogens with zero attached hydrogens (tertiary/aromatic N) is 1. The minimum Gasteiger partial charge on any atom is -0.443 e. The molecule has 13 heavy (non-hydrogen) atoms. The molecule has 0 saturated carbocycles. The van der Waals surface area contributed by atoms with Crippen LogP contribution in [-0.2, 0) is 4.74 Å². The van der Waals surface area contributed by atoms with Crippen molar-refractivity contribution in [2.75, 3.05) is 7.05 Å². The number of amides is 1. The molecule has 0 aliphatic carbocycles. The third-order valence-corrected chi connectivity index (χ3v) is 1.23. The second kappa shape index (κ2) is 4.43. The number of carbonyl (C=O) groups excluding carboxylic acids is 1. The normalized spacial score (nSPS) is 14.1. The summed E-state index contributed by atoms with van der Waals surface area (Å²) < 4.78 is 4.96. The van der Waals surface area contributed by atoms with E-state index in [1.54, 1.807) is 27.8 Å². The fourth-order valence-corrected chi connectivity index (χ4v) is 0.538. The summed E-state index contributed by atoms with van der Waals surface area (Å²) in [6.45, 7) is 6.86. The van der Waals surface area contributed by atoms with E-state index in [-0.39, 0.29) is 0 Å². The molecule has 0 heterocycles. The standard InChI is InChI=1S/C8H18N2O3/c1-6(11)10(5)9-7(12)13-8(2,3)4/h6,11H,1-5H3,(H,9,12). The molecule has 1 amide bonds. The van der Waals surface area contributed by atoms with Crippen molar-refractivity contribution < 1.29 is 14.6 Å². The van der Waals surface area contributed by atoms with E-state index in [1.807, 2.05) is 0 Å². The van der Waals surface area contributed by atoms with Gasteiger partial charge in [-0.15, -0.1) is 0 Å². The van der Waals surface area contributed by atoms with Gasteiger partial charge in [0.1, 0.15) is 11.8 Å². The van der Waals surface area contributed by atoms with Gasteiger partial charge in [0.25, 0.3) is 0 Å². The van der Waals surface area contributed by atoms with Gasteiger partial charge >= 0.3 is 6.09 Å². The Hall–Kier alpha value is -0.810. The molecule has 0 bridgehead atoms. The van der Waals surface area contributed by atoms with E-state index in [1.165, 1.54) is 11.9 Å². The molecule has 5 nitrogen and oxygen atoms in total. The van der Waals surface area contributed by atoms with Crippen LogP contribution in [0.25, 0.3) is 0 Å². The van der Waals surface area contributed by atoms with Gasteiger partial charge in [-0.3, -0.25) is 5.43 Å². The fraction of sp³-hybridized carbons (Fsp3) is 0.875. The average molecular weight is 190 g/mol. The van der Waals surface area contributed by atoms with Crippen LogP contribution >= 0.6 is 0 Å². The van der Waals surface area contributed by atoms with Crippen molar-refractivity contribution >= 4 is 6.09 Å². The summed E-state index contributed by atoms with van der Waals surface area (Å²) in [6, 6.07) is 0. The first kappa shape index (κ1) is 12.2. The highest BCUT2D eigenvalue weighted by atomic mass is 16.6. The smallest absolute Gasteiger partial charge is 0.422 e. The Kier molecular flexibility index (Phi) is 4.16. The average Bonchev–Trinajstić information content (AvgIpc) is 1.81. The van der Waals surface area contributed by atoms with E-state index in [0.717, 1.165) is 0 Å². The maximum Gasteiger partial charge on any atom is 0.422 e. The van der Waals surface area contributed by atoms with Gasteiger partial charge in [0.2, 0.25) is 0 Å². The van der Waals surface area contributed by atoms with Crippen LogP contribution in [0.3, 0.4) is 0 Å². The highest BCUT2D eigenvalue weighted by Crippen LogP contribution is 2.06. The summed E-state index contributed by atoms with van der Waals surface area (Å²) in [7, 11) is 1.55. The first-order valence-electron chi connectivity index (χ1n) is 4.13. The molecule has 5 heteroatoms. The summed E-state index contributed by atoms with van der Waals surface area (Å²) in [5.74, 6) is 0. The molecule has 0 saturated heterocycles. The van der Waals surface area contributed by atoms with Gasteiger partial charge in [-0.25, -0.2) is 4.79 Å². The Morgan fingerprint density at radius 1 is 1.54 bits per heavy atom. The highest BCUT2D eigenvalue weighted by Gasteiger charge is 2.17. The van der Waals surface area contributed by atoms with Crippen LogP contribution < -0.4 is 5.43 Å². The molecule has 0 aromatic rings. The molecule has 0 aromatic heterocycles. The van der Waals surface area contributed by atoms with Crippen molar-refractivity contribution in [1.29, 1.82) is 0 Å². The number of aliphatic hydroxyl groups excluding tert-OH is 1. The predicted octanol–water partition coefficient (Wildman–Crippen LogP) is 0.696. The maximum absolute atomic E-state index is 11.1. The Labute approximate surface area is 78.6 Å². The van der Waals surface area contributed by atoms with Gasteiger partial charge in [0.15, 0.2) is 0 Å². The molecule has 0 fully saturated rings. The number of nitrogens with one attached hydrogen (secondary N) is 1. The molecular weight excluding hydrogens is 172 g/mol. The van der Waals surface area contributed by atoms with Crippen LogP contribution in [0.1, 0.15) is 27.7 Å². The molecule has 0 aliphatic rings. The van der Waals surface area contributed by atoms with Crippen molar-refractivity contribution in [2.24, 2.45) is 0 Å². The monoisotopic (exact) mass is 190 g/mol. The van der Waals surface area contributed by atoms with E-state index in [4.69, 9.17) is 9.84 Å². The van der Waals surface area contributed by atoms with E-state index in [9.17, 15) is 4.79 Å². The quantitative estimate of drug-likeness (QED) is 0.497. The van der Waals surface area contributed by atoms with Gasteiger partial charge < -0.3 is 9.84 Å². The summed E-state index contributed by atoms with van der Waals surface area (Å²) in [5.41, 5.74) is 1.83. The zero-order valence-corrected chi connectivity index (χ0v) is 8.79. The summed E-state index contributed by atoms with van der Waals surface area (Å²) in [4.78, 5) is 11.1. The molecule has 0 spiro atoms. The van der Waals surface area contributed by atoms with E-state index < -0.39 is 17.9 Å². The molecule has 1 unspecified atom stereocenters. The maximum atomic E-state index is 11.1. The molecule has 0 radical (unpaired) electrons.